The molecule has 0 saturated carbocycles. The molecule has 0 atom stereocenters. The van der Waals surface area contributed by atoms with Crippen molar-refractivity contribution in [2.45, 2.75) is 58.4 Å². The number of nitrogens with one attached hydrogen (secondary N) is 2. The van der Waals surface area contributed by atoms with Crippen molar-refractivity contribution in [1.82, 2.24) is 15.5 Å². The van der Waals surface area contributed by atoms with Gasteiger partial charge in [-0.1, -0.05) is 19.8 Å². The van der Waals surface area contributed by atoms with Crippen LogP contribution in [0.15, 0.2) is 4.99 Å². The Morgan fingerprint density at radius 1 is 1.15 bits per heavy atom. The number of piperidine rings is 1. The van der Waals surface area contributed by atoms with E-state index in [0.717, 1.165) is 19.0 Å². The SMILES string of the molecule is CCCCNC(=NC)NCC(C)(C)N1CCCCC1.I. The van der Waals surface area contributed by atoms with Crippen LogP contribution < -0.4 is 10.6 Å². The zero-order chi connectivity index (χ0) is 14.1. The van der Waals surface area contributed by atoms with E-state index < -0.39 is 0 Å². The number of likely N-dealkylation sites (tertiary alicyclic amines) is 1. The molecule has 0 aliphatic carbocycles. The summed E-state index contributed by atoms with van der Waals surface area (Å²) in [7, 11) is 1.84. The van der Waals surface area contributed by atoms with Crippen LogP contribution in [0, 0.1) is 0 Å². The van der Waals surface area contributed by atoms with Crippen LogP contribution in [-0.2, 0) is 0 Å². The van der Waals surface area contributed by atoms with Gasteiger partial charge in [0.2, 0.25) is 0 Å². The second kappa shape index (κ2) is 10.7. The molecule has 0 spiro atoms. The van der Waals surface area contributed by atoms with Gasteiger partial charge in [0.05, 0.1) is 0 Å². The van der Waals surface area contributed by atoms with Gasteiger partial charge in [0.1, 0.15) is 0 Å². The number of unbranched alkanes of at least 4 members (excludes halogenated alkanes) is 1. The molecule has 0 radical (unpaired) electrons. The molecule has 1 aliphatic heterocycles. The van der Waals surface area contributed by atoms with E-state index in [1.807, 2.05) is 7.05 Å². The van der Waals surface area contributed by atoms with E-state index in [2.05, 4.69) is 41.3 Å². The molecule has 120 valence electrons. The fourth-order valence-corrected chi connectivity index (χ4v) is 2.52. The van der Waals surface area contributed by atoms with Crippen molar-refractivity contribution in [3.05, 3.63) is 0 Å². The zero-order valence-corrected chi connectivity index (χ0v) is 16.0. The van der Waals surface area contributed by atoms with Crippen molar-refractivity contribution in [2.24, 2.45) is 4.99 Å². The van der Waals surface area contributed by atoms with Crippen LogP contribution in [0.5, 0.6) is 0 Å². The normalized spacial score (nSPS) is 17.5. The van der Waals surface area contributed by atoms with Crippen molar-refractivity contribution < 1.29 is 0 Å². The largest absolute Gasteiger partial charge is 0.356 e. The Hall–Kier alpha value is -0.0400. The predicted molar refractivity (Wildman–Crippen MR) is 99.2 cm³/mol. The Morgan fingerprint density at radius 3 is 2.35 bits per heavy atom. The quantitative estimate of drug-likeness (QED) is 0.314. The van der Waals surface area contributed by atoms with Crippen LogP contribution in [0.2, 0.25) is 0 Å². The Labute approximate surface area is 142 Å². The molecule has 1 saturated heterocycles. The van der Waals surface area contributed by atoms with Gasteiger partial charge in [-0.05, 0) is 46.2 Å². The van der Waals surface area contributed by atoms with E-state index in [4.69, 9.17) is 0 Å². The summed E-state index contributed by atoms with van der Waals surface area (Å²) in [5.41, 5.74) is 0.197. The van der Waals surface area contributed by atoms with E-state index in [0.29, 0.717) is 0 Å². The lowest BCUT2D eigenvalue weighted by Crippen LogP contribution is -2.54. The summed E-state index contributed by atoms with van der Waals surface area (Å²) in [6, 6.07) is 0. The molecule has 1 rings (SSSR count). The lowest BCUT2D eigenvalue weighted by atomic mass is 9.98. The molecule has 2 N–H and O–H groups in total. The first-order valence-electron chi connectivity index (χ1n) is 7.79. The van der Waals surface area contributed by atoms with Crippen molar-refractivity contribution in [3.8, 4) is 0 Å². The van der Waals surface area contributed by atoms with Crippen LogP contribution in [0.1, 0.15) is 52.9 Å². The molecule has 1 aliphatic rings. The van der Waals surface area contributed by atoms with Gasteiger partial charge in [0.15, 0.2) is 5.96 Å². The average Bonchev–Trinajstić information content (AvgIpc) is 2.43. The van der Waals surface area contributed by atoms with E-state index in [1.165, 1.54) is 45.2 Å². The van der Waals surface area contributed by atoms with Gasteiger partial charge in [-0.2, -0.15) is 0 Å². The molecule has 1 fully saturated rings. The van der Waals surface area contributed by atoms with E-state index in [9.17, 15) is 0 Å². The minimum absolute atomic E-state index is 0. The minimum atomic E-state index is 0. The van der Waals surface area contributed by atoms with Gasteiger partial charge in [0.25, 0.3) is 0 Å². The van der Waals surface area contributed by atoms with Gasteiger partial charge in [-0.3, -0.25) is 9.89 Å². The number of guanidine groups is 1. The third-order valence-electron chi connectivity index (χ3n) is 3.95. The smallest absolute Gasteiger partial charge is 0.191 e. The maximum Gasteiger partial charge on any atom is 0.191 e. The van der Waals surface area contributed by atoms with Gasteiger partial charge >= 0.3 is 0 Å². The summed E-state index contributed by atoms with van der Waals surface area (Å²) in [6.45, 7) is 11.3. The summed E-state index contributed by atoms with van der Waals surface area (Å²) in [4.78, 5) is 6.88. The van der Waals surface area contributed by atoms with Gasteiger partial charge in [-0.25, -0.2) is 0 Å². The molecule has 5 heteroatoms. The molecular weight excluding hydrogens is 363 g/mol. The summed E-state index contributed by atoms with van der Waals surface area (Å²) in [5, 5.41) is 6.83. The van der Waals surface area contributed by atoms with Crippen molar-refractivity contribution >= 4 is 29.9 Å². The molecule has 0 aromatic rings. The number of hydrogen-bond donors (Lipinski definition) is 2. The highest BCUT2D eigenvalue weighted by molar-refractivity contribution is 14.0. The van der Waals surface area contributed by atoms with E-state index >= 15 is 0 Å². The number of hydrogen-bond acceptors (Lipinski definition) is 2. The third-order valence-corrected chi connectivity index (χ3v) is 3.95. The number of nitrogens with zero attached hydrogens (tertiary/aromatic N) is 2. The Bertz CT molecular complexity index is 273. The molecule has 1 heterocycles. The first-order chi connectivity index (χ1) is 9.10. The van der Waals surface area contributed by atoms with E-state index in [1.54, 1.807) is 0 Å². The summed E-state index contributed by atoms with van der Waals surface area (Å²) >= 11 is 0. The highest BCUT2D eigenvalue weighted by Gasteiger charge is 2.27. The van der Waals surface area contributed by atoms with Gasteiger partial charge < -0.3 is 10.6 Å². The monoisotopic (exact) mass is 396 g/mol. The second-order valence-electron chi connectivity index (χ2n) is 6.07. The standard InChI is InChI=1S/C15H32N4.HI/c1-5-6-10-17-14(16-4)18-13-15(2,3)19-11-8-7-9-12-19;/h5-13H2,1-4H3,(H2,16,17,18);1H. The van der Waals surface area contributed by atoms with Crippen LogP contribution in [0.3, 0.4) is 0 Å². The number of aliphatic imine (C=N–C) groups is 1. The predicted octanol–water partition coefficient (Wildman–Crippen LogP) is 2.83. The van der Waals surface area contributed by atoms with Crippen LogP contribution in [0.25, 0.3) is 0 Å². The van der Waals surface area contributed by atoms with Gasteiger partial charge in [0, 0.05) is 25.7 Å². The Kier molecular flexibility index (Phi) is 10.6. The lowest BCUT2D eigenvalue weighted by molar-refractivity contribution is 0.0982. The lowest BCUT2D eigenvalue weighted by Gasteiger charge is -2.41. The first kappa shape index (κ1) is 20.0. The first-order valence-corrected chi connectivity index (χ1v) is 7.79. The average molecular weight is 396 g/mol. The number of halogens is 1. The topological polar surface area (TPSA) is 39.7 Å². The Balaban J connectivity index is 0.00000361. The maximum absolute atomic E-state index is 4.28. The zero-order valence-electron chi connectivity index (χ0n) is 13.7. The maximum atomic E-state index is 4.28. The molecule has 0 aromatic carbocycles. The van der Waals surface area contributed by atoms with E-state index in [-0.39, 0.29) is 29.5 Å². The highest BCUT2D eigenvalue weighted by atomic mass is 127. The molecule has 20 heavy (non-hydrogen) atoms. The molecular formula is C15H33IN4. The summed E-state index contributed by atoms with van der Waals surface area (Å²) in [5.74, 6) is 0.929. The van der Waals surface area contributed by atoms with Crippen LogP contribution in [-0.4, -0.2) is 49.6 Å². The third kappa shape index (κ3) is 7.11. The molecule has 0 aromatic heterocycles. The fraction of sp³-hybridized carbons (Fsp3) is 0.933. The van der Waals surface area contributed by atoms with Crippen LogP contribution >= 0.6 is 24.0 Å². The van der Waals surface area contributed by atoms with Crippen molar-refractivity contribution in [3.63, 3.8) is 0 Å². The van der Waals surface area contributed by atoms with Crippen LogP contribution in [0.4, 0.5) is 0 Å². The van der Waals surface area contributed by atoms with Crippen molar-refractivity contribution in [1.29, 1.82) is 0 Å². The second-order valence-corrected chi connectivity index (χ2v) is 6.07. The van der Waals surface area contributed by atoms with Crippen molar-refractivity contribution in [2.75, 3.05) is 33.2 Å². The molecule has 0 amide bonds. The fourth-order valence-electron chi connectivity index (χ4n) is 2.52. The minimum Gasteiger partial charge on any atom is -0.356 e. The molecule has 0 unspecified atom stereocenters. The summed E-state index contributed by atoms with van der Waals surface area (Å²) < 4.78 is 0. The van der Waals surface area contributed by atoms with Gasteiger partial charge in [-0.15, -0.1) is 24.0 Å². The summed E-state index contributed by atoms with van der Waals surface area (Å²) in [6.07, 6.45) is 6.47. The highest BCUT2D eigenvalue weighted by Crippen LogP contribution is 2.19. The molecule has 0 bridgehead atoms. The molecule has 4 nitrogen and oxygen atoms in total. The number of rotatable bonds is 6. The Morgan fingerprint density at radius 2 is 1.80 bits per heavy atom.